The van der Waals surface area contributed by atoms with Crippen molar-refractivity contribution in [3.05, 3.63) is 76.3 Å². The quantitative estimate of drug-likeness (QED) is 0.347. The molecule has 0 amide bonds. The first-order chi connectivity index (χ1) is 16.2. The summed E-state index contributed by atoms with van der Waals surface area (Å²) in [5.74, 6) is 0. The molecule has 1 atom stereocenters. The maximum atomic E-state index is 9.32. The molecule has 0 aliphatic carbocycles. The van der Waals surface area contributed by atoms with Crippen molar-refractivity contribution < 1.29 is 0 Å². The number of aromatic nitrogens is 1. The summed E-state index contributed by atoms with van der Waals surface area (Å²) in [6.07, 6.45) is 4.96. The van der Waals surface area contributed by atoms with Crippen molar-refractivity contribution in [1.29, 1.82) is 5.26 Å². The van der Waals surface area contributed by atoms with Gasteiger partial charge < -0.3 is 0 Å². The summed E-state index contributed by atoms with van der Waals surface area (Å²) >= 11 is 1.74. The van der Waals surface area contributed by atoms with Gasteiger partial charge in [0.05, 0.1) is 17.3 Å². The van der Waals surface area contributed by atoms with Crippen molar-refractivity contribution in [2.24, 2.45) is 0 Å². The molecule has 1 fully saturated rings. The number of hydrogen-bond acceptors (Lipinski definition) is 5. The Balaban J connectivity index is 1.38. The first-order valence-electron chi connectivity index (χ1n) is 12.1. The summed E-state index contributed by atoms with van der Waals surface area (Å²) in [7, 11) is 0. The van der Waals surface area contributed by atoms with Gasteiger partial charge in [0, 0.05) is 49.7 Å². The van der Waals surface area contributed by atoms with E-state index in [1.165, 1.54) is 42.5 Å². The van der Waals surface area contributed by atoms with Crippen molar-refractivity contribution >= 4 is 11.3 Å². The lowest BCUT2D eigenvalue weighted by atomic mass is 9.95. The number of unbranched alkanes of at least 4 members (excludes halogenated alkanes) is 2. The third-order valence-corrected chi connectivity index (χ3v) is 7.58. The van der Waals surface area contributed by atoms with E-state index in [0.29, 0.717) is 6.04 Å². The summed E-state index contributed by atoms with van der Waals surface area (Å²) < 4.78 is 0. The fraction of sp³-hybridized carbons (Fsp3) is 0.429. The predicted molar refractivity (Wildman–Crippen MR) is 137 cm³/mol. The molecule has 1 aliphatic heterocycles. The standard InChI is InChI=1S/C28H34N4S/c1-3-4-6-11-27(24-12-13-25(19-29)22(2)18-24)32-16-14-31(15-17-32)20-26-21-33-28(30-26)23-9-7-5-8-10-23/h5,7-10,12-13,18,21,27H,3-4,6,11,14-17,20H2,1-2H3. The molecule has 4 rings (SSSR count). The topological polar surface area (TPSA) is 43.2 Å². The maximum Gasteiger partial charge on any atom is 0.123 e. The van der Waals surface area contributed by atoms with Gasteiger partial charge in [0.15, 0.2) is 0 Å². The van der Waals surface area contributed by atoms with E-state index in [1.54, 1.807) is 11.3 Å². The van der Waals surface area contributed by atoms with Crippen LogP contribution in [0.15, 0.2) is 53.9 Å². The number of rotatable bonds is 9. The molecule has 0 radical (unpaired) electrons. The smallest absolute Gasteiger partial charge is 0.123 e. The van der Waals surface area contributed by atoms with Gasteiger partial charge in [-0.05, 0) is 30.5 Å². The lowest BCUT2D eigenvalue weighted by Crippen LogP contribution is -2.47. The predicted octanol–water partition coefficient (Wildman–Crippen LogP) is 6.43. The zero-order valence-electron chi connectivity index (χ0n) is 19.8. The summed E-state index contributed by atoms with van der Waals surface area (Å²) in [6.45, 7) is 9.53. The molecule has 0 bridgehead atoms. The minimum atomic E-state index is 0.439. The van der Waals surface area contributed by atoms with E-state index in [4.69, 9.17) is 4.98 Å². The van der Waals surface area contributed by atoms with Crippen LogP contribution in [0, 0.1) is 18.3 Å². The largest absolute Gasteiger partial charge is 0.295 e. The van der Waals surface area contributed by atoms with Gasteiger partial charge in [-0.1, -0.05) is 68.7 Å². The van der Waals surface area contributed by atoms with Crippen LogP contribution in [-0.2, 0) is 6.54 Å². The molecule has 0 spiro atoms. The lowest BCUT2D eigenvalue weighted by Gasteiger charge is -2.39. The molecule has 0 N–H and O–H groups in total. The van der Waals surface area contributed by atoms with Crippen LogP contribution < -0.4 is 0 Å². The fourth-order valence-electron chi connectivity index (χ4n) is 4.72. The number of benzene rings is 2. The highest BCUT2D eigenvalue weighted by Gasteiger charge is 2.25. The van der Waals surface area contributed by atoms with Gasteiger partial charge in [0.2, 0.25) is 0 Å². The average molecular weight is 459 g/mol. The second-order valence-electron chi connectivity index (χ2n) is 9.02. The van der Waals surface area contributed by atoms with Crippen LogP contribution in [0.3, 0.4) is 0 Å². The molecule has 1 aliphatic rings. The molecule has 172 valence electrons. The van der Waals surface area contributed by atoms with Crippen LogP contribution in [0.5, 0.6) is 0 Å². The highest BCUT2D eigenvalue weighted by Crippen LogP contribution is 2.30. The van der Waals surface area contributed by atoms with Gasteiger partial charge in [-0.3, -0.25) is 9.80 Å². The van der Waals surface area contributed by atoms with Crippen molar-refractivity contribution in [3.8, 4) is 16.6 Å². The Hall–Kier alpha value is -2.52. The number of nitrogens with zero attached hydrogens (tertiary/aromatic N) is 4. The van der Waals surface area contributed by atoms with E-state index < -0.39 is 0 Å². The maximum absolute atomic E-state index is 9.32. The summed E-state index contributed by atoms with van der Waals surface area (Å²) in [6, 6.07) is 19.6. The lowest BCUT2D eigenvalue weighted by molar-refractivity contribution is 0.0860. The molecule has 3 aromatic rings. The van der Waals surface area contributed by atoms with E-state index in [9.17, 15) is 5.26 Å². The number of aryl methyl sites for hydroxylation is 1. The monoisotopic (exact) mass is 458 g/mol. The second-order valence-corrected chi connectivity index (χ2v) is 9.88. The number of hydrogen-bond donors (Lipinski definition) is 0. The van der Waals surface area contributed by atoms with Crippen LogP contribution >= 0.6 is 11.3 Å². The van der Waals surface area contributed by atoms with Gasteiger partial charge in [0.1, 0.15) is 5.01 Å². The summed E-state index contributed by atoms with van der Waals surface area (Å²) in [5.41, 5.74) is 5.62. The first kappa shape index (κ1) is 23.6. The molecule has 2 aromatic carbocycles. The summed E-state index contributed by atoms with van der Waals surface area (Å²) in [5, 5.41) is 12.6. The van der Waals surface area contributed by atoms with E-state index in [2.05, 4.69) is 71.5 Å². The molecule has 1 aromatic heterocycles. The Bertz CT molecular complexity index is 1060. The van der Waals surface area contributed by atoms with Gasteiger partial charge >= 0.3 is 0 Å². The zero-order chi connectivity index (χ0) is 23.0. The first-order valence-corrected chi connectivity index (χ1v) is 13.0. The van der Waals surface area contributed by atoms with Gasteiger partial charge in [-0.15, -0.1) is 11.3 Å². The molecule has 1 saturated heterocycles. The van der Waals surface area contributed by atoms with Gasteiger partial charge in [-0.25, -0.2) is 4.98 Å². The van der Waals surface area contributed by atoms with E-state index >= 15 is 0 Å². The van der Waals surface area contributed by atoms with Crippen molar-refractivity contribution in [3.63, 3.8) is 0 Å². The van der Waals surface area contributed by atoms with Crippen LogP contribution in [0.25, 0.3) is 10.6 Å². The third kappa shape index (κ3) is 6.09. The minimum Gasteiger partial charge on any atom is -0.295 e. The van der Waals surface area contributed by atoms with Crippen LogP contribution in [0.1, 0.15) is 61.0 Å². The Kier molecular flexibility index (Phi) is 8.28. The number of nitriles is 1. The Labute approximate surface area is 202 Å². The van der Waals surface area contributed by atoms with Crippen molar-refractivity contribution in [1.82, 2.24) is 14.8 Å². The van der Waals surface area contributed by atoms with E-state index in [1.807, 2.05) is 12.1 Å². The molecule has 2 heterocycles. The fourth-order valence-corrected chi connectivity index (χ4v) is 5.54. The highest BCUT2D eigenvalue weighted by atomic mass is 32.1. The number of piperazine rings is 1. The van der Waals surface area contributed by atoms with Crippen LogP contribution in [-0.4, -0.2) is 41.0 Å². The minimum absolute atomic E-state index is 0.439. The third-order valence-electron chi connectivity index (χ3n) is 6.64. The molecular weight excluding hydrogens is 424 g/mol. The zero-order valence-corrected chi connectivity index (χ0v) is 20.7. The molecule has 1 unspecified atom stereocenters. The van der Waals surface area contributed by atoms with E-state index in [0.717, 1.165) is 48.9 Å². The van der Waals surface area contributed by atoms with Crippen LogP contribution in [0.4, 0.5) is 0 Å². The van der Waals surface area contributed by atoms with Gasteiger partial charge in [0.25, 0.3) is 0 Å². The normalized spacial score (nSPS) is 15.9. The molecule has 0 saturated carbocycles. The second kappa shape index (κ2) is 11.6. The Morgan fingerprint density at radius 2 is 1.85 bits per heavy atom. The van der Waals surface area contributed by atoms with Crippen molar-refractivity contribution in [2.75, 3.05) is 26.2 Å². The van der Waals surface area contributed by atoms with Crippen LogP contribution in [0.2, 0.25) is 0 Å². The van der Waals surface area contributed by atoms with Gasteiger partial charge in [-0.2, -0.15) is 5.26 Å². The SMILES string of the molecule is CCCCCC(c1ccc(C#N)c(C)c1)N1CCN(Cc2csc(-c3ccccc3)n2)CC1. The Morgan fingerprint density at radius 1 is 1.06 bits per heavy atom. The Morgan fingerprint density at radius 3 is 2.55 bits per heavy atom. The highest BCUT2D eigenvalue weighted by molar-refractivity contribution is 7.13. The number of thiazole rings is 1. The molecule has 33 heavy (non-hydrogen) atoms. The average Bonchev–Trinajstić information content (AvgIpc) is 3.32. The molecule has 4 nitrogen and oxygen atoms in total. The van der Waals surface area contributed by atoms with Crippen molar-refractivity contribution in [2.45, 2.75) is 52.1 Å². The summed E-state index contributed by atoms with van der Waals surface area (Å²) in [4.78, 5) is 10.1. The molecular formula is C28H34N4S. The van der Waals surface area contributed by atoms with E-state index in [-0.39, 0.29) is 0 Å². The molecule has 5 heteroatoms.